The zero-order valence-electron chi connectivity index (χ0n) is 17.2. The number of hydrogen-bond donors (Lipinski definition) is 1. The summed E-state index contributed by atoms with van der Waals surface area (Å²) in [6, 6.07) is 9.05. The Balaban J connectivity index is 1.71. The minimum Gasteiger partial charge on any atom is -0.507 e. The first kappa shape index (κ1) is 22.6. The number of Topliss-reactive ketones (excluding diaryl/α,β-unsaturated/α-hetero) is 1. The third-order valence-corrected chi connectivity index (χ3v) is 7.84. The number of halogens is 3. The van der Waals surface area contributed by atoms with E-state index in [9.17, 15) is 23.5 Å². The molecular formula is C23H13BrF2N2O4S2. The van der Waals surface area contributed by atoms with Crippen molar-refractivity contribution in [1.82, 2.24) is 4.98 Å². The summed E-state index contributed by atoms with van der Waals surface area (Å²) in [4.78, 5) is 32.2. The molecule has 11 heteroatoms. The highest BCUT2D eigenvalue weighted by Gasteiger charge is 2.48. The maximum Gasteiger partial charge on any atom is 0.301 e. The molecule has 0 radical (unpaired) electrons. The maximum absolute atomic E-state index is 14.3. The van der Waals surface area contributed by atoms with Gasteiger partial charge in [-0.3, -0.25) is 14.5 Å². The van der Waals surface area contributed by atoms with Crippen LogP contribution in [0.15, 0.2) is 57.9 Å². The van der Waals surface area contributed by atoms with Crippen molar-refractivity contribution in [2.75, 3.05) is 12.0 Å². The number of carbonyl (C=O) groups excluding carboxylic acids is 2. The zero-order valence-corrected chi connectivity index (χ0v) is 20.4. The van der Waals surface area contributed by atoms with Crippen molar-refractivity contribution < 1.29 is 28.2 Å². The summed E-state index contributed by atoms with van der Waals surface area (Å²) in [5.41, 5.74) is 0.0624. The molecule has 1 fully saturated rings. The molecule has 1 N–H and O–H groups in total. The number of rotatable bonds is 4. The van der Waals surface area contributed by atoms with Crippen LogP contribution in [0.25, 0.3) is 16.0 Å². The lowest BCUT2D eigenvalue weighted by molar-refractivity contribution is -0.132. The Bertz CT molecular complexity index is 1500. The van der Waals surface area contributed by atoms with Crippen LogP contribution in [-0.2, 0) is 9.59 Å². The van der Waals surface area contributed by atoms with E-state index in [1.807, 2.05) is 0 Å². The molecule has 0 bridgehead atoms. The second-order valence-corrected chi connectivity index (χ2v) is 10.1. The van der Waals surface area contributed by atoms with E-state index in [0.717, 1.165) is 22.3 Å². The van der Waals surface area contributed by atoms with E-state index in [1.165, 1.54) is 18.4 Å². The molecule has 1 aliphatic heterocycles. The second-order valence-electron chi connectivity index (χ2n) is 7.26. The first-order valence-corrected chi connectivity index (χ1v) is 12.2. The molecule has 0 aliphatic carbocycles. The smallest absolute Gasteiger partial charge is 0.301 e. The number of carbonyl (C=O) groups is 2. The average Bonchev–Trinajstić information content (AvgIpc) is 3.52. The number of nitrogens with zero attached hydrogens (tertiary/aromatic N) is 2. The lowest BCUT2D eigenvalue weighted by atomic mass is 10.00. The van der Waals surface area contributed by atoms with Crippen LogP contribution in [0.5, 0.6) is 5.75 Å². The fourth-order valence-electron chi connectivity index (χ4n) is 3.76. The monoisotopic (exact) mass is 562 g/mol. The molecule has 0 saturated carbocycles. The standard InChI is InChI=1S/C23H13BrF2N2O4S2/c1-32-14-5-4-10(7-12(14)24)20(29)17-19(15-3-2-6-33-15)28(22(31)21(17)30)23-27-18-13(26)8-11(25)9-16(18)34-23/h2-9,19,29H,1H3/b20-17+. The number of fused-ring (bicyclic) bond motifs is 1. The number of ketones is 1. The molecule has 1 amide bonds. The average molecular weight is 563 g/mol. The number of hydrogen-bond acceptors (Lipinski definition) is 7. The molecule has 1 aliphatic rings. The first-order chi connectivity index (χ1) is 16.3. The number of ether oxygens (including phenoxy) is 1. The van der Waals surface area contributed by atoms with E-state index >= 15 is 0 Å². The molecule has 1 atom stereocenters. The Labute approximate surface area is 207 Å². The molecule has 172 valence electrons. The van der Waals surface area contributed by atoms with Gasteiger partial charge in [-0.25, -0.2) is 13.8 Å². The van der Waals surface area contributed by atoms with Gasteiger partial charge in [-0.2, -0.15) is 0 Å². The highest BCUT2D eigenvalue weighted by molar-refractivity contribution is 9.10. The molecule has 3 heterocycles. The largest absolute Gasteiger partial charge is 0.507 e. The van der Waals surface area contributed by atoms with Crippen molar-refractivity contribution in [3.63, 3.8) is 0 Å². The van der Waals surface area contributed by atoms with Crippen molar-refractivity contribution >= 4 is 71.4 Å². The van der Waals surface area contributed by atoms with Crippen LogP contribution < -0.4 is 9.64 Å². The number of aromatic nitrogens is 1. The lowest BCUT2D eigenvalue weighted by Gasteiger charge is -2.21. The number of thiazole rings is 1. The summed E-state index contributed by atoms with van der Waals surface area (Å²) in [5, 5.41) is 12.9. The topological polar surface area (TPSA) is 79.7 Å². The number of aliphatic hydroxyl groups is 1. The summed E-state index contributed by atoms with van der Waals surface area (Å²) >= 11 is 5.52. The van der Waals surface area contributed by atoms with Crippen LogP contribution in [0.4, 0.5) is 13.9 Å². The van der Waals surface area contributed by atoms with Crippen molar-refractivity contribution in [2.45, 2.75) is 6.04 Å². The van der Waals surface area contributed by atoms with Gasteiger partial charge < -0.3 is 9.84 Å². The van der Waals surface area contributed by atoms with E-state index in [-0.39, 0.29) is 26.7 Å². The Morgan fingerprint density at radius 2 is 2.00 bits per heavy atom. The van der Waals surface area contributed by atoms with Gasteiger partial charge in [-0.15, -0.1) is 11.3 Å². The van der Waals surface area contributed by atoms with E-state index in [0.29, 0.717) is 26.7 Å². The molecule has 2 aromatic heterocycles. The second kappa shape index (κ2) is 8.57. The predicted molar refractivity (Wildman–Crippen MR) is 129 cm³/mol. The van der Waals surface area contributed by atoms with Gasteiger partial charge in [-0.05, 0) is 51.6 Å². The van der Waals surface area contributed by atoms with Gasteiger partial charge in [0, 0.05) is 16.5 Å². The first-order valence-electron chi connectivity index (χ1n) is 9.74. The van der Waals surface area contributed by atoms with Crippen LogP contribution in [0.1, 0.15) is 16.5 Å². The Morgan fingerprint density at radius 1 is 1.21 bits per heavy atom. The predicted octanol–water partition coefficient (Wildman–Crippen LogP) is 6.03. The minimum atomic E-state index is -0.991. The summed E-state index contributed by atoms with van der Waals surface area (Å²) in [5.74, 6) is -3.33. The van der Waals surface area contributed by atoms with Crippen LogP contribution in [-0.4, -0.2) is 28.9 Å². The van der Waals surface area contributed by atoms with Gasteiger partial charge in [0.1, 0.15) is 28.9 Å². The molecule has 2 aromatic carbocycles. The molecule has 4 aromatic rings. The van der Waals surface area contributed by atoms with Gasteiger partial charge in [0.05, 0.1) is 21.9 Å². The van der Waals surface area contributed by atoms with Crippen molar-refractivity contribution in [3.05, 3.63) is 80.0 Å². The number of aliphatic hydroxyl groups excluding tert-OH is 1. The Morgan fingerprint density at radius 3 is 2.68 bits per heavy atom. The molecule has 1 unspecified atom stereocenters. The third kappa shape index (κ3) is 3.60. The van der Waals surface area contributed by atoms with Gasteiger partial charge in [-0.1, -0.05) is 17.4 Å². The van der Waals surface area contributed by atoms with Gasteiger partial charge in [0.25, 0.3) is 5.78 Å². The third-order valence-electron chi connectivity index (χ3n) is 5.29. The van der Waals surface area contributed by atoms with Crippen LogP contribution in [0, 0.1) is 11.6 Å². The van der Waals surface area contributed by atoms with E-state index < -0.39 is 29.4 Å². The SMILES string of the molecule is COc1ccc(/C(O)=C2\C(=O)C(=O)N(c3nc4c(F)cc(F)cc4s3)C2c2cccs2)cc1Br. The van der Waals surface area contributed by atoms with Gasteiger partial charge >= 0.3 is 5.91 Å². The fraction of sp³-hybridized carbons (Fsp3) is 0.0870. The van der Waals surface area contributed by atoms with E-state index in [2.05, 4.69) is 20.9 Å². The minimum absolute atomic E-state index is 0.0231. The molecular weight excluding hydrogens is 550 g/mol. The Hall–Kier alpha value is -3.15. The quantitative estimate of drug-likeness (QED) is 0.186. The van der Waals surface area contributed by atoms with Gasteiger partial charge in [0.15, 0.2) is 10.9 Å². The number of anilines is 1. The summed E-state index contributed by atoms with van der Waals surface area (Å²) < 4.78 is 34.0. The number of thiophene rings is 1. The Kier molecular flexibility index (Phi) is 5.70. The van der Waals surface area contributed by atoms with Crippen molar-refractivity contribution in [2.24, 2.45) is 0 Å². The van der Waals surface area contributed by atoms with Crippen LogP contribution >= 0.6 is 38.6 Å². The highest BCUT2D eigenvalue weighted by Crippen LogP contribution is 2.46. The maximum atomic E-state index is 14.3. The van der Waals surface area contributed by atoms with E-state index in [4.69, 9.17) is 4.74 Å². The highest BCUT2D eigenvalue weighted by atomic mass is 79.9. The van der Waals surface area contributed by atoms with Crippen molar-refractivity contribution in [1.29, 1.82) is 0 Å². The number of amides is 1. The molecule has 6 nitrogen and oxygen atoms in total. The van der Waals surface area contributed by atoms with Crippen molar-refractivity contribution in [3.8, 4) is 5.75 Å². The molecule has 1 saturated heterocycles. The van der Waals surface area contributed by atoms with E-state index in [1.54, 1.807) is 35.7 Å². The van der Waals surface area contributed by atoms with Crippen LogP contribution in [0.2, 0.25) is 0 Å². The summed E-state index contributed by atoms with van der Waals surface area (Å²) in [6.07, 6.45) is 0. The zero-order chi connectivity index (χ0) is 24.1. The molecule has 34 heavy (non-hydrogen) atoms. The lowest BCUT2D eigenvalue weighted by Crippen LogP contribution is -2.28. The van der Waals surface area contributed by atoms with Gasteiger partial charge in [0.2, 0.25) is 0 Å². The van der Waals surface area contributed by atoms with Crippen LogP contribution in [0.3, 0.4) is 0 Å². The molecule has 5 rings (SSSR count). The molecule has 0 spiro atoms. The normalized spacial score (nSPS) is 17.6. The fourth-order valence-corrected chi connectivity index (χ4v) is 6.16. The summed E-state index contributed by atoms with van der Waals surface area (Å²) in [7, 11) is 1.49. The summed E-state index contributed by atoms with van der Waals surface area (Å²) in [6.45, 7) is 0. The number of benzene rings is 2. The number of methoxy groups -OCH3 is 1.